The van der Waals surface area contributed by atoms with Gasteiger partial charge in [-0.25, -0.2) is 4.98 Å². The standard InChI is InChI=1S/C10H3Br2N5S3/c11-6-2-1-5(19-6)7-14-15-10-17(7)16-8(20-10)4-3-18-9(12)13-4/h1-3H. The normalized spacial score (nSPS) is 11.5. The molecule has 4 rings (SSSR count). The van der Waals surface area contributed by atoms with Crippen LogP contribution in [0, 0.1) is 0 Å². The van der Waals surface area contributed by atoms with Gasteiger partial charge in [0.1, 0.15) is 5.69 Å². The van der Waals surface area contributed by atoms with Crippen LogP contribution in [-0.4, -0.2) is 24.8 Å². The Morgan fingerprint density at radius 2 is 2.00 bits per heavy atom. The Morgan fingerprint density at radius 3 is 2.70 bits per heavy atom. The molecular weight excluding hydrogens is 446 g/mol. The molecule has 0 aliphatic heterocycles. The summed E-state index contributed by atoms with van der Waals surface area (Å²) >= 11 is 11.4. The zero-order valence-electron chi connectivity index (χ0n) is 9.45. The molecule has 0 atom stereocenters. The number of hydrogen-bond donors (Lipinski definition) is 0. The molecule has 0 unspecified atom stereocenters. The van der Waals surface area contributed by atoms with E-state index in [0.717, 1.165) is 34.1 Å². The van der Waals surface area contributed by atoms with Gasteiger partial charge in [0.2, 0.25) is 4.96 Å². The predicted molar refractivity (Wildman–Crippen MR) is 88.5 cm³/mol. The van der Waals surface area contributed by atoms with Crippen LogP contribution in [0.2, 0.25) is 0 Å². The first-order chi connectivity index (χ1) is 9.70. The van der Waals surface area contributed by atoms with Crippen LogP contribution in [0.1, 0.15) is 0 Å². The molecule has 0 aliphatic rings. The number of aromatic nitrogens is 5. The Labute approximate surface area is 141 Å². The van der Waals surface area contributed by atoms with Gasteiger partial charge >= 0.3 is 0 Å². The lowest BCUT2D eigenvalue weighted by atomic mass is 10.4. The highest BCUT2D eigenvalue weighted by Crippen LogP contribution is 2.33. The molecule has 100 valence electrons. The molecule has 0 bridgehead atoms. The van der Waals surface area contributed by atoms with Crippen LogP contribution in [0.5, 0.6) is 0 Å². The van der Waals surface area contributed by atoms with E-state index in [-0.39, 0.29) is 0 Å². The van der Waals surface area contributed by atoms with Crippen molar-refractivity contribution in [3.8, 4) is 21.4 Å². The Bertz CT molecular complexity index is 905. The third-order valence-corrected chi connectivity index (χ3v) is 6.39. The Hall–Kier alpha value is -0.680. The molecule has 0 aliphatic carbocycles. The molecular formula is C10H3Br2N5S3. The van der Waals surface area contributed by atoms with Crippen LogP contribution in [0.4, 0.5) is 0 Å². The Kier molecular flexibility index (Phi) is 3.22. The largest absolute Gasteiger partial charge is 0.235 e. The van der Waals surface area contributed by atoms with Gasteiger partial charge in [-0.3, -0.25) is 0 Å². The highest BCUT2D eigenvalue weighted by Gasteiger charge is 2.16. The number of rotatable bonds is 2. The average molecular weight is 449 g/mol. The maximum atomic E-state index is 4.57. The van der Waals surface area contributed by atoms with Crippen molar-refractivity contribution in [3.63, 3.8) is 0 Å². The van der Waals surface area contributed by atoms with Gasteiger partial charge in [-0.2, -0.15) is 9.61 Å². The van der Waals surface area contributed by atoms with Crippen LogP contribution in [-0.2, 0) is 0 Å². The van der Waals surface area contributed by atoms with Gasteiger partial charge in [0.25, 0.3) is 0 Å². The molecule has 0 fully saturated rings. The molecule has 0 saturated heterocycles. The maximum absolute atomic E-state index is 4.57. The number of halogens is 2. The summed E-state index contributed by atoms with van der Waals surface area (Å²) in [5.41, 5.74) is 0.857. The molecule has 0 N–H and O–H groups in total. The highest BCUT2D eigenvalue weighted by molar-refractivity contribution is 9.11. The molecule has 4 aromatic rings. The van der Waals surface area contributed by atoms with Crippen LogP contribution in [0.25, 0.3) is 26.4 Å². The minimum Gasteiger partial charge on any atom is -0.226 e. The lowest BCUT2D eigenvalue weighted by Crippen LogP contribution is -1.88. The van der Waals surface area contributed by atoms with E-state index in [1.165, 1.54) is 22.7 Å². The topological polar surface area (TPSA) is 56.0 Å². The molecule has 10 heteroatoms. The van der Waals surface area contributed by atoms with E-state index in [4.69, 9.17) is 0 Å². The van der Waals surface area contributed by atoms with Gasteiger partial charge in [-0.05, 0) is 44.0 Å². The van der Waals surface area contributed by atoms with Gasteiger partial charge in [0, 0.05) is 5.38 Å². The second kappa shape index (κ2) is 4.95. The lowest BCUT2D eigenvalue weighted by Gasteiger charge is -1.90. The fourth-order valence-corrected chi connectivity index (χ4v) is 4.89. The van der Waals surface area contributed by atoms with Gasteiger partial charge in [0.05, 0.1) is 8.66 Å². The van der Waals surface area contributed by atoms with E-state index < -0.39 is 0 Å². The second-order valence-corrected chi connectivity index (χ2v) is 9.27. The molecule has 0 amide bonds. The monoisotopic (exact) mass is 447 g/mol. The molecule has 0 aromatic carbocycles. The van der Waals surface area contributed by atoms with E-state index in [1.807, 2.05) is 17.5 Å². The molecule has 0 saturated carbocycles. The number of hydrogen-bond acceptors (Lipinski definition) is 7. The van der Waals surface area contributed by atoms with E-state index in [0.29, 0.717) is 0 Å². The fraction of sp³-hybridized carbons (Fsp3) is 0. The van der Waals surface area contributed by atoms with Crippen molar-refractivity contribution >= 4 is 70.8 Å². The molecule has 5 nitrogen and oxygen atoms in total. The van der Waals surface area contributed by atoms with Crippen molar-refractivity contribution in [1.29, 1.82) is 0 Å². The van der Waals surface area contributed by atoms with E-state index in [1.54, 1.807) is 15.9 Å². The summed E-state index contributed by atoms with van der Waals surface area (Å²) in [5.74, 6) is 0.757. The zero-order chi connectivity index (χ0) is 13.7. The third kappa shape index (κ3) is 2.15. The molecule has 4 aromatic heterocycles. The van der Waals surface area contributed by atoms with Crippen LogP contribution in [0.3, 0.4) is 0 Å². The summed E-state index contributed by atoms with van der Waals surface area (Å²) in [4.78, 5) is 6.17. The highest BCUT2D eigenvalue weighted by atomic mass is 79.9. The maximum Gasteiger partial charge on any atom is 0.235 e. The molecule has 4 heterocycles. The predicted octanol–water partition coefficient (Wildman–Crippen LogP) is 4.56. The van der Waals surface area contributed by atoms with Crippen LogP contribution in [0.15, 0.2) is 25.2 Å². The van der Waals surface area contributed by atoms with Crippen molar-refractivity contribution in [3.05, 3.63) is 25.2 Å². The molecule has 0 radical (unpaired) electrons. The third-order valence-electron chi connectivity index (χ3n) is 2.48. The van der Waals surface area contributed by atoms with Gasteiger partial charge in [0.15, 0.2) is 14.7 Å². The Balaban J connectivity index is 1.86. The minimum atomic E-state index is 0.757. The van der Waals surface area contributed by atoms with Crippen LogP contribution >= 0.6 is 65.9 Å². The first-order valence-electron chi connectivity index (χ1n) is 5.30. The summed E-state index contributed by atoms with van der Waals surface area (Å²) < 4.78 is 3.68. The zero-order valence-corrected chi connectivity index (χ0v) is 15.1. The first-order valence-corrected chi connectivity index (χ1v) is 9.40. The quantitative estimate of drug-likeness (QED) is 0.450. The fourth-order valence-electron chi connectivity index (χ4n) is 1.66. The summed E-state index contributed by atoms with van der Waals surface area (Å²) in [6.07, 6.45) is 0. The molecule has 0 spiro atoms. The lowest BCUT2D eigenvalue weighted by molar-refractivity contribution is 0.971. The van der Waals surface area contributed by atoms with Crippen molar-refractivity contribution in [2.75, 3.05) is 0 Å². The number of thiophene rings is 1. The van der Waals surface area contributed by atoms with Crippen molar-refractivity contribution in [2.24, 2.45) is 0 Å². The van der Waals surface area contributed by atoms with Crippen LogP contribution < -0.4 is 0 Å². The van der Waals surface area contributed by atoms with Crippen molar-refractivity contribution in [2.45, 2.75) is 0 Å². The summed E-state index contributed by atoms with van der Waals surface area (Å²) in [5, 5.41) is 15.8. The van der Waals surface area contributed by atoms with Gasteiger partial charge in [-0.15, -0.1) is 32.9 Å². The van der Waals surface area contributed by atoms with Gasteiger partial charge in [-0.1, -0.05) is 11.3 Å². The average Bonchev–Trinajstić information content (AvgIpc) is 3.11. The second-order valence-electron chi connectivity index (χ2n) is 3.71. The SMILES string of the molecule is Brc1ccc(-c2nnc3sc(-c4csc(Br)n4)nn23)s1. The van der Waals surface area contributed by atoms with Crippen molar-refractivity contribution < 1.29 is 0 Å². The summed E-state index contributed by atoms with van der Waals surface area (Å²) in [6, 6.07) is 4.00. The summed E-state index contributed by atoms with van der Waals surface area (Å²) in [6.45, 7) is 0. The number of fused-ring (bicyclic) bond motifs is 1. The van der Waals surface area contributed by atoms with E-state index >= 15 is 0 Å². The van der Waals surface area contributed by atoms with E-state index in [2.05, 4.69) is 52.1 Å². The Morgan fingerprint density at radius 1 is 1.10 bits per heavy atom. The van der Waals surface area contributed by atoms with Gasteiger partial charge < -0.3 is 0 Å². The molecule has 20 heavy (non-hydrogen) atoms. The number of thiazole rings is 1. The first kappa shape index (κ1) is 13.0. The minimum absolute atomic E-state index is 0.757. The number of nitrogens with zero attached hydrogens (tertiary/aromatic N) is 5. The smallest absolute Gasteiger partial charge is 0.226 e. The van der Waals surface area contributed by atoms with E-state index in [9.17, 15) is 0 Å². The summed E-state index contributed by atoms with van der Waals surface area (Å²) in [7, 11) is 0. The van der Waals surface area contributed by atoms with Crippen molar-refractivity contribution in [1.82, 2.24) is 24.8 Å².